The average molecular weight is 382 g/mol. The van der Waals surface area contributed by atoms with Crippen molar-refractivity contribution in [2.75, 3.05) is 32.7 Å². The number of hydrogen-bond donors (Lipinski definition) is 0. The highest BCUT2D eigenvalue weighted by atomic mass is 32.2. The van der Waals surface area contributed by atoms with Gasteiger partial charge in [0.1, 0.15) is 10.0 Å². The Hall–Kier alpha value is -1.61. The van der Waals surface area contributed by atoms with Gasteiger partial charge < -0.3 is 0 Å². The third-order valence-corrected chi connectivity index (χ3v) is 7.54. The van der Waals surface area contributed by atoms with Crippen LogP contribution in [0.1, 0.15) is 15.2 Å². The first-order chi connectivity index (χ1) is 11.9. The molecule has 1 aromatic carbocycles. The van der Waals surface area contributed by atoms with Gasteiger partial charge in [0.05, 0.1) is 6.54 Å². The fourth-order valence-electron chi connectivity index (χ4n) is 2.74. The average Bonchev–Trinajstić information content (AvgIpc) is 3.03. The Kier molecular flexibility index (Phi) is 5.33. The van der Waals surface area contributed by atoms with Crippen LogP contribution in [0.3, 0.4) is 0 Å². The van der Waals surface area contributed by atoms with Crippen molar-refractivity contribution >= 4 is 27.1 Å². The first-order valence-electron chi connectivity index (χ1n) is 7.94. The minimum Gasteiger partial charge on any atom is -0.293 e. The molecule has 2 heterocycles. The van der Waals surface area contributed by atoms with Gasteiger partial charge in [0.25, 0.3) is 10.0 Å². The molecule has 1 aliphatic heterocycles. The van der Waals surface area contributed by atoms with E-state index in [2.05, 4.69) is 0 Å². The monoisotopic (exact) mass is 382 g/mol. The summed E-state index contributed by atoms with van der Waals surface area (Å²) >= 11 is 1.27. The van der Waals surface area contributed by atoms with E-state index in [9.17, 15) is 17.6 Å². The van der Waals surface area contributed by atoms with Crippen molar-refractivity contribution in [1.82, 2.24) is 9.21 Å². The van der Waals surface area contributed by atoms with E-state index < -0.39 is 10.0 Å². The number of aryl methyl sites for hydroxylation is 1. The predicted octanol–water partition coefficient (Wildman–Crippen LogP) is 2.38. The number of piperazine rings is 1. The van der Waals surface area contributed by atoms with Gasteiger partial charge in [-0.1, -0.05) is 0 Å². The van der Waals surface area contributed by atoms with Gasteiger partial charge in [-0.05, 0) is 43.3 Å². The molecule has 0 radical (unpaired) electrons. The number of ketones is 1. The van der Waals surface area contributed by atoms with E-state index in [-0.39, 0.29) is 18.1 Å². The standard InChI is InChI=1S/C17H19FN2O3S2/c1-13-2-7-17(24-13)25(22,23)20-10-8-19(9-11-20)12-16(21)14-3-5-15(18)6-4-14/h2-7H,8-12H2,1H3. The van der Waals surface area contributed by atoms with Crippen LogP contribution in [0.15, 0.2) is 40.6 Å². The van der Waals surface area contributed by atoms with E-state index in [1.165, 1.54) is 39.9 Å². The molecule has 3 rings (SSSR count). The minimum absolute atomic E-state index is 0.0924. The third-order valence-electron chi connectivity index (χ3n) is 4.17. The normalized spacial score (nSPS) is 16.9. The zero-order valence-corrected chi connectivity index (χ0v) is 15.4. The molecule has 0 amide bonds. The van der Waals surface area contributed by atoms with Crippen molar-refractivity contribution in [3.8, 4) is 0 Å². The number of rotatable bonds is 5. The lowest BCUT2D eigenvalue weighted by molar-refractivity contribution is 0.0901. The maximum Gasteiger partial charge on any atom is 0.252 e. The van der Waals surface area contributed by atoms with Crippen LogP contribution in [0.2, 0.25) is 0 Å². The summed E-state index contributed by atoms with van der Waals surface area (Å²) in [4.78, 5) is 15.1. The number of sulfonamides is 1. The summed E-state index contributed by atoms with van der Waals surface area (Å²) in [5.74, 6) is -0.468. The smallest absolute Gasteiger partial charge is 0.252 e. The van der Waals surface area contributed by atoms with E-state index in [1.807, 2.05) is 11.8 Å². The second-order valence-electron chi connectivity index (χ2n) is 5.98. The molecule has 25 heavy (non-hydrogen) atoms. The van der Waals surface area contributed by atoms with Gasteiger partial charge in [-0.2, -0.15) is 4.31 Å². The summed E-state index contributed by atoms with van der Waals surface area (Å²) in [6.07, 6.45) is 0. The van der Waals surface area contributed by atoms with E-state index in [0.29, 0.717) is 36.0 Å². The van der Waals surface area contributed by atoms with Crippen LogP contribution in [0.4, 0.5) is 4.39 Å². The van der Waals surface area contributed by atoms with E-state index in [0.717, 1.165) is 4.88 Å². The molecule has 2 aromatic rings. The molecule has 134 valence electrons. The molecule has 1 fully saturated rings. The molecule has 0 aliphatic carbocycles. The van der Waals surface area contributed by atoms with Gasteiger partial charge >= 0.3 is 0 Å². The number of hydrogen-bond acceptors (Lipinski definition) is 5. The Morgan fingerprint density at radius 2 is 1.72 bits per heavy atom. The van der Waals surface area contributed by atoms with Crippen molar-refractivity contribution in [3.05, 3.63) is 52.7 Å². The largest absolute Gasteiger partial charge is 0.293 e. The molecule has 1 aliphatic rings. The molecule has 0 saturated carbocycles. The quantitative estimate of drug-likeness (QED) is 0.745. The zero-order chi connectivity index (χ0) is 18.0. The predicted molar refractivity (Wildman–Crippen MR) is 95.0 cm³/mol. The second-order valence-corrected chi connectivity index (χ2v) is 9.43. The summed E-state index contributed by atoms with van der Waals surface area (Å²) in [5, 5.41) is 0. The van der Waals surface area contributed by atoms with Gasteiger partial charge in [-0.3, -0.25) is 9.69 Å². The summed E-state index contributed by atoms with van der Waals surface area (Å²) in [7, 11) is -3.45. The number of carbonyl (C=O) groups is 1. The number of nitrogens with zero attached hydrogens (tertiary/aromatic N) is 2. The summed E-state index contributed by atoms with van der Waals surface area (Å²) < 4.78 is 39.9. The lowest BCUT2D eigenvalue weighted by Gasteiger charge is -2.33. The Bertz CT molecular complexity index is 854. The van der Waals surface area contributed by atoms with Gasteiger partial charge in [0.15, 0.2) is 5.78 Å². The molecule has 1 saturated heterocycles. The minimum atomic E-state index is -3.45. The highest BCUT2D eigenvalue weighted by Crippen LogP contribution is 2.25. The van der Waals surface area contributed by atoms with Crippen LogP contribution < -0.4 is 0 Å². The fourth-order valence-corrected chi connectivity index (χ4v) is 5.60. The number of halogens is 1. The van der Waals surface area contributed by atoms with Crippen molar-refractivity contribution in [2.45, 2.75) is 11.1 Å². The lowest BCUT2D eigenvalue weighted by Crippen LogP contribution is -2.49. The van der Waals surface area contributed by atoms with Gasteiger partial charge in [0, 0.05) is 36.6 Å². The fraction of sp³-hybridized carbons (Fsp3) is 0.353. The third kappa shape index (κ3) is 4.14. The molecule has 0 spiro atoms. The Labute approximate surface area is 150 Å². The Balaban J connectivity index is 1.58. The number of benzene rings is 1. The summed E-state index contributed by atoms with van der Waals surface area (Å²) in [5.41, 5.74) is 0.463. The van der Waals surface area contributed by atoms with E-state index >= 15 is 0 Å². The first-order valence-corrected chi connectivity index (χ1v) is 10.2. The Morgan fingerprint density at radius 1 is 1.08 bits per heavy atom. The molecule has 0 unspecified atom stereocenters. The number of carbonyl (C=O) groups excluding carboxylic acids is 1. The van der Waals surface area contributed by atoms with Crippen molar-refractivity contribution < 1.29 is 17.6 Å². The summed E-state index contributed by atoms with van der Waals surface area (Å²) in [6.45, 7) is 3.79. The first kappa shape index (κ1) is 18.2. The molecule has 0 N–H and O–H groups in total. The van der Waals surface area contributed by atoms with Crippen LogP contribution in [-0.2, 0) is 10.0 Å². The Morgan fingerprint density at radius 3 is 2.28 bits per heavy atom. The maximum atomic E-state index is 12.9. The molecular formula is C17H19FN2O3S2. The van der Waals surface area contributed by atoms with Gasteiger partial charge in [0.2, 0.25) is 0 Å². The topological polar surface area (TPSA) is 57.7 Å². The van der Waals surface area contributed by atoms with E-state index in [4.69, 9.17) is 0 Å². The van der Waals surface area contributed by atoms with Gasteiger partial charge in [-0.25, -0.2) is 12.8 Å². The molecule has 0 bridgehead atoms. The highest BCUT2D eigenvalue weighted by Gasteiger charge is 2.30. The van der Waals surface area contributed by atoms with Crippen LogP contribution in [0, 0.1) is 12.7 Å². The molecule has 1 aromatic heterocycles. The highest BCUT2D eigenvalue weighted by molar-refractivity contribution is 7.91. The zero-order valence-electron chi connectivity index (χ0n) is 13.8. The summed E-state index contributed by atoms with van der Waals surface area (Å²) in [6, 6.07) is 8.91. The van der Waals surface area contributed by atoms with Crippen molar-refractivity contribution in [1.29, 1.82) is 0 Å². The van der Waals surface area contributed by atoms with Crippen LogP contribution >= 0.6 is 11.3 Å². The second kappa shape index (κ2) is 7.33. The van der Waals surface area contributed by atoms with Crippen molar-refractivity contribution in [3.63, 3.8) is 0 Å². The van der Waals surface area contributed by atoms with E-state index in [1.54, 1.807) is 12.1 Å². The molecule has 8 heteroatoms. The number of Topliss-reactive ketones (excluding diaryl/α,β-unsaturated/α-hetero) is 1. The number of thiophene rings is 1. The van der Waals surface area contributed by atoms with Gasteiger partial charge in [-0.15, -0.1) is 11.3 Å². The maximum absolute atomic E-state index is 12.9. The molecule has 5 nitrogen and oxygen atoms in total. The van der Waals surface area contributed by atoms with Crippen LogP contribution in [-0.4, -0.2) is 56.1 Å². The SMILES string of the molecule is Cc1ccc(S(=O)(=O)N2CCN(CC(=O)c3ccc(F)cc3)CC2)s1. The van der Waals surface area contributed by atoms with Crippen molar-refractivity contribution in [2.24, 2.45) is 0 Å². The lowest BCUT2D eigenvalue weighted by atomic mass is 10.1. The molecular weight excluding hydrogens is 363 g/mol. The molecule has 0 atom stereocenters. The van der Waals surface area contributed by atoms with Crippen LogP contribution in [0.25, 0.3) is 0 Å². The van der Waals surface area contributed by atoms with Crippen LogP contribution in [0.5, 0.6) is 0 Å².